The number of nitrogens with zero attached hydrogens (tertiary/aromatic N) is 1. The van der Waals surface area contributed by atoms with Gasteiger partial charge in [0, 0.05) is 30.8 Å². The van der Waals surface area contributed by atoms with Gasteiger partial charge >= 0.3 is 0 Å². The summed E-state index contributed by atoms with van der Waals surface area (Å²) in [7, 11) is 1.76. The Morgan fingerprint density at radius 3 is 2.83 bits per heavy atom. The second kappa shape index (κ2) is 9.57. The van der Waals surface area contributed by atoms with Crippen LogP contribution in [0.5, 0.6) is 0 Å². The van der Waals surface area contributed by atoms with Gasteiger partial charge in [-0.15, -0.1) is 11.3 Å². The van der Waals surface area contributed by atoms with Gasteiger partial charge in [-0.2, -0.15) is 11.8 Å². The predicted molar refractivity (Wildman–Crippen MR) is 99.8 cm³/mol. The first-order chi connectivity index (χ1) is 11.2. The van der Waals surface area contributed by atoms with E-state index in [9.17, 15) is 4.39 Å². The Morgan fingerprint density at radius 2 is 2.13 bits per heavy atom. The van der Waals surface area contributed by atoms with Gasteiger partial charge in [-0.25, -0.2) is 4.39 Å². The van der Waals surface area contributed by atoms with Crippen LogP contribution in [-0.4, -0.2) is 25.8 Å². The van der Waals surface area contributed by atoms with Crippen LogP contribution in [0.1, 0.15) is 16.0 Å². The van der Waals surface area contributed by atoms with E-state index in [4.69, 9.17) is 0 Å². The van der Waals surface area contributed by atoms with Gasteiger partial charge in [-0.05, 0) is 47.4 Å². The molecule has 0 unspecified atom stereocenters. The van der Waals surface area contributed by atoms with Crippen molar-refractivity contribution >= 4 is 29.1 Å². The van der Waals surface area contributed by atoms with E-state index in [1.165, 1.54) is 10.9 Å². The van der Waals surface area contributed by atoms with Crippen molar-refractivity contribution in [1.29, 1.82) is 0 Å². The van der Waals surface area contributed by atoms with Crippen molar-refractivity contribution in [2.45, 2.75) is 18.7 Å². The van der Waals surface area contributed by atoms with Gasteiger partial charge in [0.15, 0.2) is 5.96 Å². The third-order valence-electron chi connectivity index (χ3n) is 3.38. The van der Waals surface area contributed by atoms with Crippen LogP contribution in [0.3, 0.4) is 0 Å². The Balaban J connectivity index is 1.85. The molecule has 124 valence electrons. The van der Waals surface area contributed by atoms with E-state index in [-0.39, 0.29) is 5.82 Å². The summed E-state index contributed by atoms with van der Waals surface area (Å²) in [5.74, 6) is 1.39. The second-order valence-corrected chi connectivity index (χ2v) is 6.93. The van der Waals surface area contributed by atoms with Crippen molar-refractivity contribution in [3.63, 3.8) is 0 Å². The number of nitrogens with one attached hydrogen (secondary N) is 2. The Kier molecular flexibility index (Phi) is 7.42. The summed E-state index contributed by atoms with van der Waals surface area (Å²) in [4.78, 5) is 5.59. The lowest BCUT2D eigenvalue weighted by molar-refractivity contribution is 0.625. The van der Waals surface area contributed by atoms with Gasteiger partial charge in [0.25, 0.3) is 0 Å². The normalized spacial score (nSPS) is 11.5. The van der Waals surface area contributed by atoms with Crippen molar-refractivity contribution < 1.29 is 4.39 Å². The summed E-state index contributed by atoms with van der Waals surface area (Å²) >= 11 is 3.45. The topological polar surface area (TPSA) is 36.4 Å². The van der Waals surface area contributed by atoms with Gasteiger partial charge in [0.2, 0.25) is 0 Å². The molecule has 0 radical (unpaired) electrons. The number of hydrogen-bond acceptors (Lipinski definition) is 3. The predicted octanol–water partition coefficient (Wildman–Crippen LogP) is 3.66. The minimum absolute atomic E-state index is 0.184. The molecule has 0 aliphatic rings. The molecule has 2 aromatic rings. The fourth-order valence-electron chi connectivity index (χ4n) is 2.22. The van der Waals surface area contributed by atoms with Crippen molar-refractivity contribution in [3.05, 3.63) is 57.5 Å². The number of guanidine groups is 1. The first-order valence-corrected chi connectivity index (χ1v) is 9.73. The Morgan fingerprint density at radius 1 is 1.26 bits per heavy atom. The smallest absolute Gasteiger partial charge is 0.191 e. The van der Waals surface area contributed by atoms with Crippen molar-refractivity contribution in [1.82, 2.24) is 10.6 Å². The zero-order valence-electron chi connectivity index (χ0n) is 13.4. The van der Waals surface area contributed by atoms with E-state index in [1.54, 1.807) is 36.2 Å². The average Bonchev–Trinajstić information content (AvgIpc) is 3.06. The number of benzene rings is 1. The second-order valence-electron chi connectivity index (χ2n) is 5.03. The molecule has 2 N–H and O–H groups in total. The molecule has 1 heterocycles. The standard InChI is InChI=1S/C17H22FN3S2/c1-19-17(20-8-7-16-4-3-9-23-16)21-11-13-5-6-15(18)10-14(13)12-22-2/h3-6,9-10H,7-8,11-12H2,1-2H3,(H2,19,20,21). The lowest BCUT2D eigenvalue weighted by Crippen LogP contribution is -2.38. The Bertz CT molecular complexity index is 627. The monoisotopic (exact) mass is 351 g/mol. The molecule has 0 saturated carbocycles. The molecule has 0 amide bonds. The van der Waals surface area contributed by atoms with Crippen LogP contribution in [0.4, 0.5) is 4.39 Å². The highest BCUT2D eigenvalue weighted by Crippen LogP contribution is 2.16. The maximum Gasteiger partial charge on any atom is 0.191 e. The summed E-state index contributed by atoms with van der Waals surface area (Å²) in [5, 5.41) is 8.69. The number of halogens is 1. The Labute approximate surface area is 145 Å². The van der Waals surface area contributed by atoms with E-state index in [0.717, 1.165) is 35.8 Å². The first-order valence-electron chi connectivity index (χ1n) is 7.46. The van der Waals surface area contributed by atoms with E-state index in [0.29, 0.717) is 6.54 Å². The highest BCUT2D eigenvalue weighted by Gasteiger charge is 2.05. The summed E-state index contributed by atoms with van der Waals surface area (Å²) in [5.41, 5.74) is 2.13. The minimum atomic E-state index is -0.184. The maximum atomic E-state index is 13.4. The first kappa shape index (κ1) is 17.8. The van der Waals surface area contributed by atoms with E-state index in [1.807, 2.05) is 12.3 Å². The number of hydrogen-bond donors (Lipinski definition) is 2. The zero-order chi connectivity index (χ0) is 16.5. The molecule has 1 aromatic heterocycles. The molecular formula is C17H22FN3S2. The van der Waals surface area contributed by atoms with Gasteiger partial charge in [0.05, 0.1) is 0 Å². The minimum Gasteiger partial charge on any atom is -0.356 e. The molecule has 0 aliphatic heterocycles. The highest BCUT2D eigenvalue weighted by molar-refractivity contribution is 7.97. The zero-order valence-corrected chi connectivity index (χ0v) is 15.1. The lowest BCUT2D eigenvalue weighted by atomic mass is 10.1. The summed E-state index contributed by atoms with van der Waals surface area (Å²) in [6.07, 6.45) is 3.00. The molecular weight excluding hydrogens is 329 g/mol. The molecule has 0 bridgehead atoms. The largest absolute Gasteiger partial charge is 0.356 e. The SMILES string of the molecule is CN=C(NCCc1cccs1)NCc1ccc(F)cc1CSC. The number of thiophene rings is 1. The molecule has 0 aliphatic carbocycles. The molecule has 1 aromatic carbocycles. The number of thioether (sulfide) groups is 1. The number of aliphatic imine (C=N–C) groups is 1. The third kappa shape index (κ3) is 5.88. The van der Waals surface area contributed by atoms with Gasteiger partial charge in [-0.1, -0.05) is 12.1 Å². The van der Waals surface area contributed by atoms with Crippen LogP contribution >= 0.6 is 23.1 Å². The summed E-state index contributed by atoms with van der Waals surface area (Å²) in [6, 6.07) is 9.16. The number of rotatable bonds is 7. The van der Waals surface area contributed by atoms with Crippen molar-refractivity contribution in [2.75, 3.05) is 19.8 Å². The van der Waals surface area contributed by atoms with Crippen LogP contribution in [0.2, 0.25) is 0 Å². The molecule has 23 heavy (non-hydrogen) atoms. The van der Waals surface area contributed by atoms with Gasteiger partial charge in [0.1, 0.15) is 5.82 Å². The highest BCUT2D eigenvalue weighted by atomic mass is 32.2. The summed E-state index contributed by atoms with van der Waals surface area (Å²) in [6.45, 7) is 1.47. The third-order valence-corrected chi connectivity index (χ3v) is 4.92. The maximum absolute atomic E-state index is 13.4. The van der Waals surface area contributed by atoms with E-state index >= 15 is 0 Å². The quantitative estimate of drug-likeness (QED) is 0.590. The van der Waals surface area contributed by atoms with Crippen LogP contribution in [0, 0.1) is 5.82 Å². The van der Waals surface area contributed by atoms with Crippen molar-refractivity contribution in [2.24, 2.45) is 4.99 Å². The van der Waals surface area contributed by atoms with Gasteiger partial charge < -0.3 is 10.6 Å². The van der Waals surface area contributed by atoms with E-state index < -0.39 is 0 Å². The molecule has 0 atom stereocenters. The van der Waals surface area contributed by atoms with Crippen molar-refractivity contribution in [3.8, 4) is 0 Å². The molecule has 2 rings (SSSR count). The molecule has 0 spiro atoms. The summed E-state index contributed by atoms with van der Waals surface area (Å²) < 4.78 is 13.4. The average molecular weight is 352 g/mol. The molecule has 0 fully saturated rings. The van der Waals surface area contributed by atoms with E-state index in [2.05, 4.69) is 33.1 Å². The fourth-order valence-corrected chi connectivity index (χ4v) is 3.50. The van der Waals surface area contributed by atoms with Crippen LogP contribution in [0.25, 0.3) is 0 Å². The van der Waals surface area contributed by atoms with Crippen LogP contribution < -0.4 is 10.6 Å². The Hall–Kier alpha value is -1.53. The van der Waals surface area contributed by atoms with Crippen LogP contribution in [0.15, 0.2) is 40.7 Å². The fraction of sp³-hybridized carbons (Fsp3) is 0.353. The lowest BCUT2D eigenvalue weighted by Gasteiger charge is -2.14. The van der Waals surface area contributed by atoms with Crippen LogP contribution in [-0.2, 0) is 18.7 Å². The molecule has 3 nitrogen and oxygen atoms in total. The van der Waals surface area contributed by atoms with Gasteiger partial charge in [-0.3, -0.25) is 4.99 Å². The molecule has 0 saturated heterocycles. The molecule has 6 heteroatoms.